The molecule has 3 rings (SSSR count). The van der Waals surface area contributed by atoms with Crippen LogP contribution in [0, 0.1) is 5.92 Å². The lowest BCUT2D eigenvalue weighted by atomic mass is 9.91. The number of furan rings is 1. The molecule has 1 unspecified atom stereocenters. The van der Waals surface area contributed by atoms with E-state index < -0.39 is 0 Å². The number of carbonyl (C=O) groups is 1. The van der Waals surface area contributed by atoms with Crippen molar-refractivity contribution in [3.05, 3.63) is 54.0 Å². The summed E-state index contributed by atoms with van der Waals surface area (Å²) >= 11 is 1.71. The van der Waals surface area contributed by atoms with E-state index >= 15 is 0 Å². The molecule has 2 aromatic rings. The van der Waals surface area contributed by atoms with Crippen LogP contribution in [-0.2, 0) is 5.75 Å². The first-order valence-corrected chi connectivity index (χ1v) is 9.43. The lowest BCUT2D eigenvalue weighted by molar-refractivity contribution is 0.0648. The molecule has 24 heavy (non-hydrogen) atoms. The summed E-state index contributed by atoms with van der Waals surface area (Å²) in [7, 11) is 0. The molecule has 2 N–H and O–H groups in total. The van der Waals surface area contributed by atoms with E-state index in [-0.39, 0.29) is 11.9 Å². The maximum Gasteiger partial charge on any atom is 0.289 e. The lowest BCUT2D eigenvalue weighted by Crippen LogP contribution is -2.42. The first kappa shape index (κ1) is 17.1. The molecular weight excluding hydrogens is 320 g/mol. The minimum Gasteiger partial charge on any atom is -0.459 e. The van der Waals surface area contributed by atoms with Crippen LogP contribution in [0.3, 0.4) is 0 Å². The zero-order valence-corrected chi connectivity index (χ0v) is 14.8. The molecular formula is C19H24N2O2S. The van der Waals surface area contributed by atoms with Crippen LogP contribution in [0.4, 0.5) is 0 Å². The highest BCUT2D eigenvalue weighted by molar-refractivity contribution is 7.98. The molecule has 0 bridgehead atoms. The summed E-state index contributed by atoms with van der Waals surface area (Å²) in [5.41, 5.74) is 6.94. The van der Waals surface area contributed by atoms with Gasteiger partial charge in [-0.05, 0) is 43.9 Å². The van der Waals surface area contributed by atoms with Gasteiger partial charge in [0.2, 0.25) is 0 Å². The Kier molecular flexibility index (Phi) is 5.63. The Hall–Kier alpha value is -1.72. The van der Waals surface area contributed by atoms with Crippen molar-refractivity contribution in [3.63, 3.8) is 0 Å². The van der Waals surface area contributed by atoms with Crippen LogP contribution < -0.4 is 5.73 Å². The van der Waals surface area contributed by atoms with Gasteiger partial charge in [0.25, 0.3) is 5.91 Å². The summed E-state index contributed by atoms with van der Waals surface area (Å²) in [5, 5.41) is 0. The molecule has 1 aromatic heterocycles. The van der Waals surface area contributed by atoms with E-state index in [4.69, 9.17) is 10.2 Å². The van der Waals surface area contributed by atoms with Crippen LogP contribution in [0.2, 0.25) is 0 Å². The fourth-order valence-electron chi connectivity index (χ4n) is 3.09. The number of likely N-dealkylation sites (tertiary alicyclic amines) is 1. The van der Waals surface area contributed by atoms with Crippen LogP contribution in [0.1, 0.15) is 35.9 Å². The fourth-order valence-corrected chi connectivity index (χ4v) is 3.99. The largest absolute Gasteiger partial charge is 0.459 e. The van der Waals surface area contributed by atoms with Gasteiger partial charge in [-0.15, -0.1) is 11.8 Å². The van der Waals surface area contributed by atoms with Crippen molar-refractivity contribution < 1.29 is 9.21 Å². The Morgan fingerprint density at radius 1 is 1.29 bits per heavy atom. The zero-order valence-electron chi connectivity index (χ0n) is 14.0. The van der Waals surface area contributed by atoms with Gasteiger partial charge in [0.05, 0.1) is 6.26 Å². The second-order valence-electron chi connectivity index (χ2n) is 6.37. The molecule has 1 atom stereocenters. The molecule has 5 heteroatoms. The van der Waals surface area contributed by atoms with E-state index in [9.17, 15) is 4.79 Å². The number of hydrogen-bond acceptors (Lipinski definition) is 4. The number of nitrogens with zero attached hydrogens (tertiary/aromatic N) is 1. The van der Waals surface area contributed by atoms with E-state index in [2.05, 4.69) is 12.1 Å². The highest BCUT2D eigenvalue weighted by atomic mass is 32.2. The van der Waals surface area contributed by atoms with Crippen LogP contribution >= 0.6 is 11.8 Å². The topological polar surface area (TPSA) is 59.5 Å². The predicted molar refractivity (Wildman–Crippen MR) is 97.0 cm³/mol. The molecule has 0 saturated carbocycles. The van der Waals surface area contributed by atoms with E-state index in [1.165, 1.54) is 4.90 Å². The van der Waals surface area contributed by atoms with Gasteiger partial charge in [0.1, 0.15) is 0 Å². The second kappa shape index (κ2) is 7.90. The van der Waals surface area contributed by atoms with E-state index in [0.29, 0.717) is 11.7 Å². The number of piperidine rings is 1. The highest BCUT2D eigenvalue weighted by Crippen LogP contribution is 2.27. The van der Waals surface area contributed by atoms with Crippen LogP contribution in [0.5, 0.6) is 0 Å². The van der Waals surface area contributed by atoms with Gasteiger partial charge in [0, 0.05) is 35.3 Å². The third-order valence-electron chi connectivity index (χ3n) is 4.65. The summed E-state index contributed by atoms with van der Waals surface area (Å²) in [6.45, 7) is 3.57. The third-order valence-corrected chi connectivity index (χ3v) is 5.71. The van der Waals surface area contributed by atoms with E-state index in [1.807, 2.05) is 36.1 Å². The Bertz CT molecular complexity index is 661. The maximum absolute atomic E-state index is 12.8. The molecule has 0 radical (unpaired) electrons. The Morgan fingerprint density at radius 3 is 2.67 bits per heavy atom. The Morgan fingerprint density at radius 2 is 2.00 bits per heavy atom. The minimum atomic E-state index is 0.00628. The first-order valence-electron chi connectivity index (χ1n) is 8.44. The van der Waals surface area contributed by atoms with Crippen molar-refractivity contribution in [2.24, 2.45) is 11.7 Å². The third kappa shape index (κ3) is 4.02. The van der Waals surface area contributed by atoms with Gasteiger partial charge in [-0.25, -0.2) is 0 Å². The van der Waals surface area contributed by atoms with Crippen LogP contribution in [0.25, 0.3) is 0 Å². The summed E-state index contributed by atoms with van der Waals surface area (Å²) in [5.74, 6) is 1.74. The van der Waals surface area contributed by atoms with Gasteiger partial charge >= 0.3 is 0 Å². The number of benzene rings is 1. The zero-order chi connectivity index (χ0) is 16.9. The normalized spacial score (nSPS) is 17.0. The molecule has 0 spiro atoms. The average molecular weight is 344 g/mol. The van der Waals surface area contributed by atoms with Crippen molar-refractivity contribution in [2.45, 2.75) is 36.5 Å². The van der Waals surface area contributed by atoms with E-state index in [0.717, 1.165) is 37.2 Å². The molecule has 2 heterocycles. The predicted octanol–water partition coefficient (Wildman–Crippen LogP) is 3.77. The summed E-state index contributed by atoms with van der Waals surface area (Å²) in [6.07, 6.45) is 3.55. The Labute approximate surface area is 147 Å². The van der Waals surface area contributed by atoms with Gasteiger partial charge < -0.3 is 15.1 Å². The fraction of sp³-hybridized carbons (Fsp3) is 0.421. The first-order chi connectivity index (χ1) is 11.6. The summed E-state index contributed by atoms with van der Waals surface area (Å²) in [6, 6.07) is 12.3. The molecule has 1 saturated heterocycles. The van der Waals surface area contributed by atoms with Crippen molar-refractivity contribution in [1.82, 2.24) is 4.90 Å². The molecule has 1 aliphatic heterocycles. The van der Waals surface area contributed by atoms with Gasteiger partial charge in [-0.3, -0.25) is 4.79 Å². The second-order valence-corrected chi connectivity index (χ2v) is 7.41. The van der Waals surface area contributed by atoms with Crippen molar-refractivity contribution in [2.75, 3.05) is 13.1 Å². The van der Waals surface area contributed by atoms with Gasteiger partial charge in [-0.2, -0.15) is 0 Å². The van der Waals surface area contributed by atoms with Crippen molar-refractivity contribution in [1.29, 1.82) is 0 Å². The van der Waals surface area contributed by atoms with Gasteiger partial charge in [0.15, 0.2) is 5.76 Å². The molecule has 0 aliphatic carbocycles. The number of hydrogen-bond donors (Lipinski definition) is 1. The van der Waals surface area contributed by atoms with Gasteiger partial charge in [-0.1, -0.05) is 18.2 Å². The quantitative estimate of drug-likeness (QED) is 0.839. The summed E-state index contributed by atoms with van der Waals surface area (Å²) < 4.78 is 5.51. The maximum atomic E-state index is 12.8. The molecule has 4 nitrogen and oxygen atoms in total. The SMILES string of the molecule is CC(N)C1CCN(C(=O)c2occc2CSc2ccccc2)CC1. The number of carbonyl (C=O) groups excluding carboxylic acids is 1. The standard InChI is InChI=1S/C19H24N2O2S/c1-14(20)15-7-10-21(11-8-15)19(22)18-16(9-12-23-18)13-24-17-5-3-2-4-6-17/h2-6,9,12,14-15H,7-8,10-11,13,20H2,1H3. The average Bonchev–Trinajstić information content (AvgIpc) is 3.09. The lowest BCUT2D eigenvalue weighted by Gasteiger charge is -2.33. The summed E-state index contributed by atoms with van der Waals surface area (Å²) in [4.78, 5) is 15.8. The van der Waals surface area contributed by atoms with Crippen LogP contribution in [-0.4, -0.2) is 29.9 Å². The Balaban J connectivity index is 1.61. The molecule has 1 amide bonds. The van der Waals surface area contributed by atoms with Crippen LogP contribution in [0.15, 0.2) is 52.0 Å². The monoisotopic (exact) mass is 344 g/mol. The number of thioether (sulfide) groups is 1. The number of nitrogens with two attached hydrogens (primary N) is 1. The smallest absolute Gasteiger partial charge is 0.289 e. The number of rotatable bonds is 5. The minimum absolute atomic E-state index is 0.00628. The highest BCUT2D eigenvalue weighted by Gasteiger charge is 2.28. The van der Waals surface area contributed by atoms with Crippen molar-refractivity contribution in [3.8, 4) is 0 Å². The molecule has 128 valence electrons. The number of amides is 1. The van der Waals surface area contributed by atoms with Crippen molar-refractivity contribution >= 4 is 17.7 Å². The molecule has 1 aromatic carbocycles. The molecule has 1 aliphatic rings. The van der Waals surface area contributed by atoms with E-state index in [1.54, 1.807) is 18.0 Å². The molecule has 1 fully saturated rings.